The van der Waals surface area contributed by atoms with Crippen LogP contribution in [0.25, 0.3) is 10.6 Å². The highest BCUT2D eigenvalue weighted by Crippen LogP contribution is 2.48. The summed E-state index contributed by atoms with van der Waals surface area (Å²) in [4.78, 5) is 24.0. The Morgan fingerprint density at radius 2 is 1.88 bits per heavy atom. The minimum Gasteiger partial charge on any atom is -0.457 e. The van der Waals surface area contributed by atoms with Crippen molar-refractivity contribution in [2.24, 2.45) is 0 Å². The molecule has 4 aromatic rings. The highest BCUT2D eigenvalue weighted by molar-refractivity contribution is 7.13. The van der Waals surface area contributed by atoms with E-state index in [-0.39, 0.29) is 40.7 Å². The van der Waals surface area contributed by atoms with Gasteiger partial charge in [-0.25, -0.2) is 4.98 Å². The Kier molecular flexibility index (Phi) is 8.03. The third-order valence-corrected chi connectivity index (χ3v) is 8.77. The SMILES string of the molecule is CN(C)[C@@H]1CCN2CCN(c3c(NC(=O)c4csc(-c5ccnnc5)n4)ccc(Oc4ccccc4)c3C(F)(F)F)C[C@@H]12. The molecule has 9 nitrogen and oxygen atoms in total. The lowest BCUT2D eigenvalue weighted by atomic mass is 10.0. The molecule has 1 N–H and O–H groups in total. The van der Waals surface area contributed by atoms with Crippen molar-refractivity contribution in [3.05, 3.63) is 77.6 Å². The molecule has 2 aromatic carbocycles. The van der Waals surface area contributed by atoms with Crippen LogP contribution in [-0.2, 0) is 6.18 Å². The highest BCUT2D eigenvalue weighted by Gasteiger charge is 2.44. The molecule has 0 aliphatic carbocycles. The smallest absolute Gasteiger partial charge is 0.422 e. The molecule has 0 saturated carbocycles. The lowest BCUT2D eigenvalue weighted by molar-refractivity contribution is -0.138. The minimum atomic E-state index is -4.77. The molecule has 2 atom stereocenters. The van der Waals surface area contributed by atoms with Gasteiger partial charge >= 0.3 is 6.18 Å². The maximum Gasteiger partial charge on any atom is 0.422 e. The molecule has 0 spiro atoms. The molecule has 2 aliphatic rings. The van der Waals surface area contributed by atoms with Crippen molar-refractivity contribution in [3.8, 4) is 22.1 Å². The molecular formula is C30H30F3N7O2S. The lowest BCUT2D eigenvalue weighted by Gasteiger charge is -2.43. The summed E-state index contributed by atoms with van der Waals surface area (Å²) in [5.74, 6) is -0.656. The molecule has 2 aliphatic heterocycles. The summed E-state index contributed by atoms with van der Waals surface area (Å²) in [6, 6.07) is 13.1. The van der Waals surface area contributed by atoms with Crippen molar-refractivity contribution in [2.45, 2.75) is 24.7 Å². The summed E-state index contributed by atoms with van der Waals surface area (Å²) in [5.41, 5.74) is -0.206. The largest absolute Gasteiger partial charge is 0.457 e. The number of carbonyl (C=O) groups is 1. The van der Waals surface area contributed by atoms with Crippen molar-refractivity contribution in [1.82, 2.24) is 25.0 Å². The number of thiazole rings is 1. The number of aromatic nitrogens is 3. The molecule has 4 heterocycles. The van der Waals surface area contributed by atoms with Crippen LogP contribution in [0.15, 0.2) is 66.3 Å². The minimum absolute atomic E-state index is 0.0437. The second-order valence-corrected chi connectivity index (χ2v) is 11.6. The van der Waals surface area contributed by atoms with Gasteiger partial charge in [0.2, 0.25) is 0 Å². The number of nitrogens with one attached hydrogen (secondary N) is 1. The number of halogens is 3. The van der Waals surface area contributed by atoms with Crippen molar-refractivity contribution in [3.63, 3.8) is 0 Å². The number of rotatable bonds is 7. The molecule has 13 heteroatoms. The van der Waals surface area contributed by atoms with E-state index in [0.717, 1.165) is 13.0 Å². The van der Waals surface area contributed by atoms with Crippen LogP contribution in [0, 0.1) is 0 Å². The number of amides is 1. The number of piperazine rings is 1. The quantitative estimate of drug-likeness (QED) is 0.295. The number of hydrogen-bond donors (Lipinski definition) is 1. The van der Waals surface area contributed by atoms with Gasteiger partial charge in [-0.1, -0.05) is 18.2 Å². The number of fused-ring (bicyclic) bond motifs is 1. The van der Waals surface area contributed by atoms with Gasteiger partial charge in [0.05, 0.1) is 23.8 Å². The zero-order valence-corrected chi connectivity index (χ0v) is 24.4. The second kappa shape index (κ2) is 11.9. The zero-order chi connectivity index (χ0) is 30.1. The van der Waals surface area contributed by atoms with Crippen LogP contribution in [0.4, 0.5) is 24.5 Å². The van der Waals surface area contributed by atoms with Gasteiger partial charge in [-0.2, -0.15) is 23.4 Å². The van der Waals surface area contributed by atoms with Gasteiger partial charge < -0.3 is 19.9 Å². The average Bonchev–Trinajstić information content (AvgIpc) is 3.66. The van der Waals surface area contributed by atoms with Crippen LogP contribution >= 0.6 is 11.3 Å². The maximum atomic E-state index is 15.0. The Bertz CT molecular complexity index is 1580. The normalized spacial score (nSPS) is 19.0. The van der Waals surface area contributed by atoms with E-state index in [1.807, 2.05) is 14.1 Å². The van der Waals surface area contributed by atoms with Gasteiger partial charge in [0, 0.05) is 49.2 Å². The first-order valence-electron chi connectivity index (χ1n) is 13.9. The van der Waals surface area contributed by atoms with Crippen molar-refractivity contribution >= 4 is 28.6 Å². The fourth-order valence-electron chi connectivity index (χ4n) is 5.88. The summed E-state index contributed by atoms with van der Waals surface area (Å²) in [7, 11) is 4.00. The Balaban J connectivity index is 1.40. The van der Waals surface area contributed by atoms with Gasteiger partial charge in [-0.3, -0.25) is 9.69 Å². The predicted octanol–water partition coefficient (Wildman–Crippen LogP) is 5.49. The average molecular weight is 610 g/mol. The number of para-hydroxylation sites is 1. The van der Waals surface area contributed by atoms with E-state index in [1.165, 1.54) is 35.9 Å². The third kappa shape index (κ3) is 6.05. The number of alkyl halides is 3. The van der Waals surface area contributed by atoms with E-state index in [9.17, 15) is 4.79 Å². The Morgan fingerprint density at radius 1 is 1.07 bits per heavy atom. The highest BCUT2D eigenvalue weighted by atomic mass is 32.1. The predicted molar refractivity (Wildman–Crippen MR) is 159 cm³/mol. The van der Waals surface area contributed by atoms with E-state index in [1.54, 1.807) is 46.7 Å². The first-order valence-corrected chi connectivity index (χ1v) is 14.7. The van der Waals surface area contributed by atoms with Crippen LogP contribution in [-0.4, -0.2) is 83.2 Å². The van der Waals surface area contributed by atoms with E-state index in [0.29, 0.717) is 30.2 Å². The van der Waals surface area contributed by atoms with Crippen LogP contribution in [0.2, 0.25) is 0 Å². The van der Waals surface area contributed by atoms with Gasteiger partial charge in [0.1, 0.15) is 27.8 Å². The third-order valence-electron chi connectivity index (χ3n) is 7.88. The van der Waals surface area contributed by atoms with Crippen LogP contribution in [0.3, 0.4) is 0 Å². The van der Waals surface area contributed by atoms with Gasteiger partial charge in [0.25, 0.3) is 5.91 Å². The van der Waals surface area contributed by atoms with E-state index >= 15 is 13.2 Å². The molecule has 43 heavy (non-hydrogen) atoms. The van der Waals surface area contributed by atoms with E-state index in [4.69, 9.17) is 4.74 Å². The zero-order valence-electron chi connectivity index (χ0n) is 23.6. The Labute approximate surface area is 250 Å². The number of anilines is 2. The molecule has 0 unspecified atom stereocenters. The molecule has 2 aromatic heterocycles. The fourth-order valence-corrected chi connectivity index (χ4v) is 6.67. The number of benzene rings is 2. The van der Waals surface area contributed by atoms with Crippen molar-refractivity contribution in [1.29, 1.82) is 0 Å². The van der Waals surface area contributed by atoms with Crippen molar-refractivity contribution < 1.29 is 22.7 Å². The topological polar surface area (TPSA) is 86.7 Å². The van der Waals surface area contributed by atoms with Crippen LogP contribution in [0.1, 0.15) is 22.5 Å². The van der Waals surface area contributed by atoms with Gasteiger partial charge in [-0.15, -0.1) is 11.3 Å². The number of likely N-dealkylation sites (N-methyl/N-ethyl adjacent to an activating group) is 1. The number of ether oxygens (including phenoxy) is 1. The monoisotopic (exact) mass is 609 g/mol. The summed E-state index contributed by atoms with van der Waals surface area (Å²) in [6.07, 6.45) is -0.775. The second-order valence-electron chi connectivity index (χ2n) is 10.7. The summed E-state index contributed by atoms with van der Waals surface area (Å²) >= 11 is 1.24. The summed E-state index contributed by atoms with van der Waals surface area (Å²) < 4.78 is 50.8. The number of nitrogens with zero attached hydrogens (tertiary/aromatic N) is 6. The molecule has 0 radical (unpaired) electrons. The number of carbonyl (C=O) groups excluding carboxylic acids is 1. The summed E-state index contributed by atoms with van der Waals surface area (Å²) in [5, 5.41) is 12.5. The van der Waals surface area contributed by atoms with E-state index in [2.05, 4.69) is 30.3 Å². The van der Waals surface area contributed by atoms with Gasteiger partial charge in [0.15, 0.2) is 0 Å². The first-order chi connectivity index (χ1) is 20.7. The molecular weight excluding hydrogens is 579 g/mol. The fraction of sp³-hybridized carbons (Fsp3) is 0.333. The molecule has 6 rings (SSSR count). The molecule has 0 bridgehead atoms. The summed E-state index contributed by atoms with van der Waals surface area (Å²) in [6.45, 7) is 2.25. The Morgan fingerprint density at radius 3 is 2.60 bits per heavy atom. The van der Waals surface area contributed by atoms with E-state index < -0.39 is 17.6 Å². The standard InChI is InChI=1S/C30H30F3N7O2S/c1-38(2)23-11-13-39-14-15-40(17-24(23)39)27-21(36-28(41)22-18-43-29(37-22)19-10-12-34-35-16-19)8-9-25(26(27)30(31,32)33)42-20-6-4-3-5-7-20/h3-10,12,16,18,23-24H,11,13-15,17H2,1-2H3,(H,36,41)/t23-,24+/m1/s1. The first kappa shape index (κ1) is 29.0. The molecule has 2 saturated heterocycles. The van der Waals surface area contributed by atoms with Crippen LogP contribution < -0.4 is 15.0 Å². The number of hydrogen-bond acceptors (Lipinski definition) is 9. The molecule has 224 valence electrons. The Hall–Kier alpha value is -4.07. The maximum absolute atomic E-state index is 15.0. The van der Waals surface area contributed by atoms with Crippen LogP contribution in [0.5, 0.6) is 11.5 Å². The molecule has 1 amide bonds. The van der Waals surface area contributed by atoms with Gasteiger partial charge in [-0.05, 0) is 50.8 Å². The molecule has 2 fully saturated rings. The van der Waals surface area contributed by atoms with Crippen molar-refractivity contribution in [2.75, 3.05) is 50.5 Å². The lowest BCUT2D eigenvalue weighted by Crippen LogP contribution is -2.56.